The summed E-state index contributed by atoms with van der Waals surface area (Å²) in [6.45, 7) is -0.587. The number of alkyl halides is 2. The van der Waals surface area contributed by atoms with E-state index in [0.717, 1.165) is 11.3 Å². The molecule has 0 amide bonds. The highest BCUT2D eigenvalue weighted by Crippen LogP contribution is 2.16. The highest BCUT2D eigenvalue weighted by molar-refractivity contribution is 7.07. The van der Waals surface area contributed by atoms with Crippen LogP contribution in [0, 0.1) is 22.7 Å². The molecule has 3 rings (SSSR count). The summed E-state index contributed by atoms with van der Waals surface area (Å²) in [6, 6.07) is 16.1. The zero-order valence-electron chi connectivity index (χ0n) is 16.2. The van der Waals surface area contributed by atoms with Gasteiger partial charge in [-0.3, -0.25) is 9.36 Å². The Hall–Kier alpha value is -3.95. The van der Waals surface area contributed by atoms with Crippen LogP contribution in [0.2, 0.25) is 0 Å². The minimum Gasteiger partial charge on any atom is -0.494 e. The molecule has 9 heteroatoms. The first-order valence-electron chi connectivity index (χ1n) is 9.03. The van der Waals surface area contributed by atoms with E-state index in [-0.39, 0.29) is 20.5 Å². The molecule has 31 heavy (non-hydrogen) atoms. The third-order valence-corrected chi connectivity index (χ3v) is 5.16. The molecule has 156 valence electrons. The highest BCUT2D eigenvalue weighted by Gasteiger charge is 2.12. The monoisotopic (exact) mass is 439 g/mol. The Labute approximate surface area is 179 Å². The van der Waals surface area contributed by atoms with Crippen LogP contribution in [0.4, 0.5) is 8.78 Å². The number of halogens is 2. The average molecular weight is 439 g/mol. The molecule has 0 N–H and O–H groups in total. The van der Waals surface area contributed by atoms with Gasteiger partial charge in [0.05, 0.1) is 16.8 Å². The van der Waals surface area contributed by atoms with Crippen LogP contribution in [0.3, 0.4) is 0 Å². The van der Waals surface area contributed by atoms with Crippen molar-refractivity contribution in [1.29, 1.82) is 10.5 Å². The standard InChI is InChI=1S/C22H15F2N3O3S/c1-2-29-17-9-5-16(6-10-17)27-20(28)19(31-21(27)15(12-25)13-26)11-14-3-7-18(8-4-14)30-22(23)24/h3-11,22H,2H2,1H3/b19-11+. The van der Waals surface area contributed by atoms with Crippen molar-refractivity contribution in [1.82, 2.24) is 4.57 Å². The van der Waals surface area contributed by atoms with Gasteiger partial charge in [0.2, 0.25) is 0 Å². The van der Waals surface area contributed by atoms with Crippen LogP contribution in [-0.2, 0) is 0 Å². The zero-order valence-corrected chi connectivity index (χ0v) is 17.0. The fraction of sp³-hybridized carbons (Fsp3) is 0.136. The van der Waals surface area contributed by atoms with Gasteiger partial charge in [-0.15, -0.1) is 11.3 Å². The zero-order chi connectivity index (χ0) is 22.4. The molecule has 0 aliphatic heterocycles. The van der Waals surface area contributed by atoms with Crippen molar-refractivity contribution in [3.8, 4) is 29.3 Å². The van der Waals surface area contributed by atoms with Crippen molar-refractivity contribution in [2.24, 2.45) is 0 Å². The lowest BCUT2D eigenvalue weighted by molar-refractivity contribution is -0.0498. The molecule has 0 fully saturated rings. The van der Waals surface area contributed by atoms with E-state index in [0.29, 0.717) is 23.6 Å². The van der Waals surface area contributed by atoms with Crippen LogP contribution in [-0.4, -0.2) is 17.8 Å². The molecule has 0 aliphatic carbocycles. The van der Waals surface area contributed by atoms with Crippen LogP contribution in [0.5, 0.6) is 11.5 Å². The molecular weight excluding hydrogens is 424 g/mol. The summed E-state index contributed by atoms with van der Waals surface area (Å²) in [7, 11) is 0. The van der Waals surface area contributed by atoms with E-state index in [1.807, 2.05) is 19.1 Å². The lowest BCUT2D eigenvalue weighted by Crippen LogP contribution is -2.30. The Bertz CT molecular complexity index is 1310. The predicted molar refractivity (Wildman–Crippen MR) is 112 cm³/mol. The first-order valence-corrected chi connectivity index (χ1v) is 9.84. The van der Waals surface area contributed by atoms with Crippen LogP contribution in [0.15, 0.2) is 53.3 Å². The van der Waals surface area contributed by atoms with Crippen LogP contribution in [0.25, 0.3) is 17.3 Å². The van der Waals surface area contributed by atoms with Gasteiger partial charge in [0, 0.05) is 0 Å². The molecule has 0 aliphatic rings. The largest absolute Gasteiger partial charge is 0.494 e. The summed E-state index contributed by atoms with van der Waals surface area (Å²) in [6.07, 6.45) is 1.56. The molecular formula is C22H15F2N3O3S. The fourth-order valence-electron chi connectivity index (χ4n) is 2.76. The van der Waals surface area contributed by atoms with Gasteiger partial charge in [-0.1, -0.05) is 12.1 Å². The molecule has 0 bridgehead atoms. The SMILES string of the molecule is CCOc1ccc(-n2c(=C(C#N)C#N)s/c(=C/c3ccc(OC(F)F)cc3)c2=O)cc1. The number of thiazole rings is 1. The van der Waals surface area contributed by atoms with E-state index >= 15 is 0 Å². The lowest BCUT2D eigenvalue weighted by Gasteiger charge is -2.05. The molecule has 0 spiro atoms. The number of nitrogens with zero attached hydrogens (tertiary/aromatic N) is 3. The topological polar surface area (TPSA) is 88.0 Å². The number of aromatic nitrogens is 1. The van der Waals surface area contributed by atoms with E-state index < -0.39 is 12.2 Å². The molecule has 1 aromatic heterocycles. The van der Waals surface area contributed by atoms with E-state index in [1.54, 1.807) is 30.3 Å². The van der Waals surface area contributed by atoms with Crippen molar-refractivity contribution >= 4 is 23.0 Å². The van der Waals surface area contributed by atoms with Crippen molar-refractivity contribution in [3.63, 3.8) is 0 Å². The van der Waals surface area contributed by atoms with Gasteiger partial charge < -0.3 is 9.47 Å². The second-order valence-corrected chi connectivity index (χ2v) is 7.06. The molecule has 1 heterocycles. The Kier molecular flexibility index (Phi) is 6.81. The smallest absolute Gasteiger partial charge is 0.387 e. The number of nitriles is 2. The Balaban J connectivity index is 2.16. The third kappa shape index (κ3) is 4.97. The third-order valence-electron chi connectivity index (χ3n) is 4.07. The molecule has 0 radical (unpaired) electrons. The van der Waals surface area contributed by atoms with E-state index in [9.17, 15) is 24.1 Å². The number of hydrogen-bond donors (Lipinski definition) is 0. The molecule has 0 unspecified atom stereocenters. The summed E-state index contributed by atoms with van der Waals surface area (Å²) >= 11 is 0.993. The maximum absolute atomic E-state index is 13.1. The van der Waals surface area contributed by atoms with Crippen molar-refractivity contribution in [3.05, 3.63) is 73.6 Å². The minimum absolute atomic E-state index is 0.00426. The summed E-state index contributed by atoms with van der Waals surface area (Å²) < 4.78 is 36.1. The van der Waals surface area contributed by atoms with Crippen LogP contribution < -0.4 is 24.2 Å². The second kappa shape index (κ2) is 9.70. The second-order valence-electron chi connectivity index (χ2n) is 6.03. The Morgan fingerprint density at radius 1 is 1.10 bits per heavy atom. The number of hydrogen-bond acceptors (Lipinski definition) is 6. The van der Waals surface area contributed by atoms with Gasteiger partial charge in [-0.05, 0) is 55.0 Å². The van der Waals surface area contributed by atoms with Crippen molar-refractivity contribution in [2.45, 2.75) is 13.5 Å². The van der Waals surface area contributed by atoms with Gasteiger partial charge in [0.25, 0.3) is 5.56 Å². The van der Waals surface area contributed by atoms with Crippen LogP contribution in [0.1, 0.15) is 12.5 Å². The maximum atomic E-state index is 13.1. The van der Waals surface area contributed by atoms with Gasteiger partial charge in [0.1, 0.15) is 28.3 Å². The lowest BCUT2D eigenvalue weighted by atomic mass is 10.2. The van der Waals surface area contributed by atoms with Crippen molar-refractivity contribution < 1.29 is 18.3 Å². The first-order chi connectivity index (χ1) is 15.0. The number of rotatable bonds is 6. The average Bonchev–Trinajstić information content (AvgIpc) is 3.07. The molecule has 0 atom stereocenters. The Morgan fingerprint density at radius 2 is 1.71 bits per heavy atom. The summed E-state index contributed by atoms with van der Waals surface area (Å²) in [5, 5.41) is 18.7. The highest BCUT2D eigenvalue weighted by atomic mass is 32.1. The summed E-state index contributed by atoms with van der Waals surface area (Å²) in [4.78, 5) is 13.1. The van der Waals surface area contributed by atoms with E-state index in [1.165, 1.54) is 28.8 Å². The molecule has 0 saturated carbocycles. The molecule has 6 nitrogen and oxygen atoms in total. The fourth-order valence-corrected chi connectivity index (χ4v) is 3.81. The number of ether oxygens (including phenoxy) is 2. The van der Waals surface area contributed by atoms with Crippen LogP contribution >= 0.6 is 11.3 Å². The quantitative estimate of drug-likeness (QED) is 0.589. The first kappa shape index (κ1) is 21.8. The minimum atomic E-state index is -2.93. The summed E-state index contributed by atoms with van der Waals surface area (Å²) in [5.74, 6) is 0.620. The molecule has 3 aromatic rings. The van der Waals surface area contributed by atoms with Gasteiger partial charge in [-0.2, -0.15) is 19.3 Å². The van der Waals surface area contributed by atoms with Gasteiger partial charge >= 0.3 is 6.61 Å². The van der Waals surface area contributed by atoms with Gasteiger partial charge in [-0.25, -0.2) is 0 Å². The molecule has 2 aromatic carbocycles. The van der Waals surface area contributed by atoms with E-state index in [4.69, 9.17) is 4.74 Å². The predicted octanol–water partition coefficient (Wildman–Crippen LogP) is 2.93. The van der Waals surface area contributed by atoms with E-state index in [2.05, 4.69) is 4.74 Å². The van der Waals surface area contributed by atoms with Crippen molar-refractivity contribution in [2.75, 3.05) is 6.61 Å². The van der Waals surface area contributed by atoms with Gasteiger partial charge in [0.15, 0.2) is 5.57 Å². The Morgan fingerprint density at radius 3 is 2.26 bits per heavy atom. The normalized spacial score (nSPS) is 11.1. The number of benzene rings is 2. The molecule has 0 saturated heterocycles. The maximum Gasteiger partial charge on any atom is 0.387 e. The summed E-state index contributed by atoms with van der Waals surface area (Å²) in [5.41, 5.74) is 0.431.